The molecular weight excluding hydrogens is 268 g/mol. The molecule has 21 heavy (non-hydrogen) atoms. The fourth-order valence-electron chi connectivity index (χ4n) is 3.18. The number of nitrogens with zero attached hydrogens (tertiary/aromatic N) is 2. The molecule has 3 rings (SSSR count). The number of anilines is 1. The van der Waals surface area contributed by atoms with Gasteiger partial charge < -0.3 is 4.74 Å². The van der Waals surface area contributed by atoms with Gasteiger partial charge in [-0.2, -0.15) is 0 Å². The van der Waals surface area contributed by atoms with Crippen LogP contribution in [0.25, 0.3) is 0 Å². The van der Waals surface area contributed by atoms with E-state index in [-0.39, 0.29) is 24.3 Å². The Bertz CT molecular complexity index is 559. The highest BCUT2D eigenvalue weighted by molar-refractivity contribution is 6.23. The van der Waals surface area contributed by atoms with Crippen LogP contribution >= 0.6 is 0 Å². The first-order valence-electron chi connectivity index (χ1n) is 7.34. The first kappa shape index (κ1) is 14.2. The normalized spacial score (nSPS) is 23.9. The van der Waals surface area contributed by atoms with Crippen LogP contribution < -0.4 is 4.90 Å². The van der Waals surface area contributed by atoms with Crippen LogP contribution in [0, 0.1) is 13.8 Å². The van der Waals surface area contributed by atoms with Crippen molar-refractivity contribution >= 4 is 17.5 Å². The average molecular weight is 288 g/mol. The Morgan fingerprint density at radius 2 is 1.71 bits per heavy atom. The van der Waals surface area contributed by atoms with Gasteiger partial charge in [0.25, 0.3) is 5.91 Å². The number of hydrogen-bond donors (Lipinski definition) is 0. The predicted molar refractivity (Wildman–Crippen MR) is 79.2 cm³/mol. The van der Waals surface area contributed by atoms with Crippen LogP contribution in [0.4, 0.5) is 5.69 Å². The third-order valence-electron chi connectivity index (χ3n) is 4.27. The zero-order chi connectivity index (χ0) is 15.0. The van der Waals surface area contributed by atoms with E-state index in [1.165, 1.54) is 4.90 Å². The van der Waals surface area contributed by atoms with Gasteiger partial charge in [-0.1, -0.05) is 18.2 Å². The number of carbonyl (C=O) groups is 2. The van der Waals surface area contributed by atoms with E-state index in [1.807, 2.05) is 32.0 Å². The number of rotatable bonds is 2. The van der Waals surface area contributed by atoms with Crippen molar-refractivity contribution in [2.45, 2.75) is 26.3 Å². The van der Waals surface area contributed by atoms with Crippen LogP contribution in [-0.2, 0) is 14.3 Å². The summed E-state index contributed by atoms with van der Waals surface area (Å²) in [6, 6.07) is 5.48. The average Bonchev–Trinajstić information content (AvgIpc) is 2.76. The number of carbonyl (C=O) groups excluding carboxylic acids is 2. The molecular formula is C16H20N2O3. The molecule has 1 aromatic rings. The maximum Gasteiger partial charge on any atom is 0.251 e. The fourth-order valence-corrected chi connectivity index (χ4v) is 3.18. The maximum atomic E-state index is 12.7. The summed E-state index contributed by atoms with van der Waals surface area (Å²) < 4.78 is 5.32. The summed E-state index contributed by atoms with van der Waals surface area (Å²) in [6.45, 7) is 6.55. The van der Waals surface area contributed by atoms with Crippen LogP contribution in [0.5, 0.6) is 0 Å². The van der Waals surface area contributed by atoms with Crippen molar-refractivity contribution in [3.63, 3.8) is 0 Å². The number of morpholine rings is 1. The van der Waals surface area contributed by atoms with Gasteiger partial charge in [0.2, 0.25) is 5.91 Å². The lowest BCUT2D eigenvalue weighted by atomic mass is 10.1. The second-order valence-corrected chi connectivity index (χ2v) is 5.68. The second kappa shape index (κ2) is 5.58. The third kappa shape index (κ3) is 2.47. The number of benzene rings is 1. The van der Waals surface area contributed by atoms with E-state index in [4.69, 9.17) is 4.74 Å². The number of hydrogen-bond acceptors (Lipinski definition) is 4. The van der Waals surface area contributed by atoms with Crippen molar-refractivity contribution in [2.75, 3.05) is 31.2 Å². The zero-order valence-electron chi connectivity index (χ0n) is 12.5. The predicted octanol–water partition coefficient (Wildman–Crippen LogP) is 1.27. The molecule has 112 valence electrons. The standard InChI is InChI=1S/C16H20N2O3/c1-11-4-3-5-12(2)15(11)18-14(19)10-13(16(18)20)17-6-8-21-9-7-17/h3-5,13H,6-10H2,1-2H3. The molecule has 2 fully saturated rings. The van der Waals surface area contributed by atoms with Crippen LogP contribution in [-0.4, -0.2) is 49.1 Å². The van der Waals surface area contributed by atoms with E-state index < -0.39 is 0 Å². The highest BCUT2D eigenvalue weighted by Crippen LogP contribution is 2.31. The molecule has 2 heterocycles. The minimum absolute atomic E-state index is 0.0979. The third-order valence-corrected chi connectivity index (χ3v) is 4.27. The fraction of sp³-hybridized carbons (Fsp3) is 0.500. The van der Waals surface area contributed by atoms with E-state index in [0.717, 1.165) is 16.8 Å². The maximum absolute atomic E-state index is 12.7. The molecule has 0 saturated carbocycles. The smallest absolute Gasteiger partial charge is 0.251 e. The number of aryl methyl sites for hydroxylation is 2. The van der Waals surface area contributed by atoms with Crippen LogP contribution in [0.15, 0.2) is 18.2 Å². The molecule has 5 nitrogen and oxygen atoms in total. The Morgan fingerprint density at radius 1 is 1.10 bits per heavy atom. The van der Waals surface area contributed by atoms with Crippen molar-refractivity contribution in [1.29, 1.82) is 0 Å². The molecule has 1 unspecified atom stereocenters. The minimum Gasteiger partial charge on any atom is -0.379 e. The summed E-state index contributed by atoms with van der Waals surface area (Å²) >= 11 is 0. The van der Waals surface area contributed by atoms with Crippen LogP contribution in [0.3, 0.4) is 0 Å². The van der Waals surface area contributed by atoms with E-state index in [2.05, 4.69) is 4.90 Å². The Morgan fingerprint density at radius 3 is 2.33 bits per heavy atom. The lowest BCUT2D eigenvalue weighted by Gasteiger charge is -2.30. The molecule has 2 saturated heterocycles. The summed E-state index contributed by atoms with van der Waals surface area (Å²) in [5.74, 6) is -0.201. The molecule has 0 N–H and O–H groups in total. The van der Waals surface area contributed by atoms with Gasteiger partial charge in [0.15, 0.2) is 0 Å². The van der Waals surface area contributed by atoms with Crippen molar-refractivity contribution in [2.24, 2.45) is 0 Å². The van der Waals surface area contributed by atoms with Crippen LogP contribution in [0.2, 0.25) is 0 Å². The Hall–Kier alpha value is -1.72. The van der Waals surface area contributed by atoms with E-state index in [0.29, 0.717) is 26.3 Å². The molecule has 2 aliphatic heterocycles. The summed E-state index contributed by atoms with van der Waals surface area (Å²) in [6.07, 6.45) is 0.270. The van der Waals surface area contributed by atoms with E-state index >= 15 is 0 Å². The van der Waals surface area contributed by atoms with Gasteiger partial charge in [-0.05, 0) is 25.0 Å². The summed E-state index contributed by atoms with van der Waals surface area (Å²) in [5, 5.41) is 0. The lowest BCUT2D eigenvalue weighted by Crippen LogP contribution is -2.47. The van der Waals surface area contributed by atoms with Crippen molar-refractivity contribution in [3.8, 4) is 0 Å². The quantitative estimate of drug-likeness (QED) is 0.769. The van der Waals surface area contributed by atoms with Gasteiger partial charge in [0.05, 0.1) is 31.4 Å². The van der Waals surface area contributed by atoms with E-state index in [1.54, 1.807) is 0 Å². The van der Waals surface area contributed by atoms with Crippen molar-refractivity contribution in [1.82, 2.24) is 4.90 Å². The molecule has 5 heteroatoms. The van der Waals surface area contributed by atoms with Gasteiger partial charge >= 0.3 is 0 Å². The SMILES string of the molecule is Cc1cccc(C)c1N1C(=O)CC(N2CCOCC2)C1=O. The first-order chi connectivity index (χ1) is 10.1. The van der Waals surface area contributed by atoms with Gasteiger partial charge in [-0.15, -0.1) is 0 Å². The Labute approximate surface area is 124 Å². The van der Waals surface area contributed by atoms with Gasteiger partial charge in [0, 0.05) is 13.1 Å². The molecule has 0 aliphatic carbocycles. The van der Waals surface area contributed by atoms with E-state index in [9.17, 15) is 9.59 Å². The molecule has 1 aromatic carbocycles. The summed E-state index contributed by atoms with van der Waals surface area (Å²) in [5.41, 5.74) is 2.67. The highest BCUT2D eigenvalue weighted by atomic mass is 16.5. The molecule has 0 bridgehead atoms. The number of para-hydroxylation sites is 1. The number of amides is 2. The first-order valence-corrected chi connectivity index (χ1v) is 7.34. The summed E-state index contributed by atoms with van der Waals surface area (Å²) in [4.78, 5) is 28.6. The second-order valence-electron chi connectivity index (χ2n) is 5.68. The van der Waals surface area contributed by atoms with Crippen molar-refractivity contribution in [3.05, 3.63) is 29.3 Å². The zero-order valence-corrected chi connectivity index (χ0v) is 12.5. The molecule has 0 aromatic heterocycles. The molecule has 0 radical (unpaired) electrons. The molecule has 2 amide bonds. The highest BCUT2D eigenvalue weighted by Gasteiger charge is 2.43. The Balaban J connectivity index is 1.90. The largest absolute Gasteiger partial charge is 0.379 e. The number of imide groups is 1. The van der Waals surface area contributed by atoms with Gasteiger partial charge in [-0.25, -0.2) is 4.90 Å². The molecule has 0 spiro atoms. The lowest BCUT2D eigenvalue weighted by molar-refractivity contribution is -0.123. The molecule has 1 atom stereocenters. The van der Waals surface area contributed by atoms with Gasteiger partial charge in [0.1, 0.15) is 0 Å². The topological polar surface area (TPSA) is 49.9 Å². The monoisotopic (exact) mass is 288 g/mol. The summed E-state index contributed by atoms with van der Waals surface area (Å²) in [7, 11) is 0. The number of ether oxygens (including phenoxy) is 1. The minimum atomic E-state index is -0.333. The van der Waals surface area contributed by atoms with Gasteiger partial charge in [-0.3, -0.25) is 14.5 Å². The Kier molecular flexibility index (Phi) is 3.78. The van der Waals surface area contributed by atoms with Crippen LogP contribution in [0.1, 0.15) is 17.5 Å². The molecule has 2 aliphatic rings. The van der Waals surface area contributed by atoms with Crippen molar-refractivity contribution < 1.29 is 14.3 Å².